The van der Waals surface area contributed by atoms with Gasteiger partial charge in [-0.1, -0.05) is 6.92 Å². The van der Waals surface area contributed by atoms with E-state index in [9.17, 15) is 13.8 Å². The second-order valence-electron chi connectivity index (χ2n) is 5.35. The maximum absolute atomic E-state index is 11.9. The van der Waals surface area contributed by atoms with E-state index < -0.39 is 27.9 Å². The zero-order valence-electron chi connectivity index (χ0n) is 11.9. The van der Waals surface area contributed by atoms with Crippen molar-refractivity contribution in [2.45, 2.75) is 45.4 Å². The van der Waals surface area contributed by atoms with Crippen LogP contribution in [0.25, 0.3) is 0 Å². The largest absolute Gasteiger partial charge is 0.469 e. The summed E-state index contributed by atoms with van der Waals surface area (Å²) in [6.45, 7) is 8.81. The third-order valence-electron chi connectivity index (χ3n) is 2.28. The van der Waals surface area contributed by atoms with Crippen LogP contribution in [0.4, 0.5) is 0 Å². The van der Waals surface area contributed by atoms with Crippen molar-refractivity contribution in [2.75, 3.05) is 12.9 Å². The Hall–Kier alpha value is -0.910. The number of carbonyl (C=O) groups is 2. The van der Waals surface area contributed by atoms with Gasteiger partial charge < -0.3 is 10.1 Å². The Bertz CT molecular complexity index is 335. The van der Waals surface area contributed by atoms with Gasteiger partial charge in [0.15, 0.2) is 0 Å². The molecular weight excluding hydrogens is 254 g/mol. The molecule has 0 aromatic rings. The molecule has 0 saturated heterocycles. The first-order valence-corrected chi connectivity index (χ1v) is 7.23. The fourth-order valence-electron chi connectivity index (χ4n) is 1.25. The Labute approximate surface area is 111 Å². The smallest absolute Gasteiger partial charge is 0.309 e. The van der Waals surface area contributed by atoms with Gasteiger partial charge in [0, 0.05) is 22.1 Å². The van der Waals surface area contributed by atoms with Gasteiger partial charge in [0.2, 0.25) is 5.91 Å². The standard InChI is InChI=1S/C12H23NO4S/c1-8(11(15)17-6)7-18(16)9(2)10(14)13-12(3,4)5/h8-9H,7H2,1-6H3,(H,13,14). The van der Waals surface area contributed by atoms with Crippen molar-refractivity contribution in [1.29, 1.82) is 0 Å². The molecule has 1 N–H and O–H groups in total. The van der Waals surface area contributed by atoms with Gasteiger partial charge in [0.25, 0.3) is 0 Å². The van der Waals surface area contributed by atoms with E-state index in [1.807, 2.05) is 20.8 Å². The van der Waals surface area contributed by atoms with Crippen LogP contribution in [0.5, 0.6) is 0 Å². The number of carbonyl (C=O) groups excluding carboxylic acids is 2. The quantitative estimate of drug-likeness (QED) is 0.756. The van der Waals surface area contributed by atoms with Crippen LogP contribution < -0.4 is 5.32 Å². The molecule has 0 heterocycles. The summed E-state index contributed by atoms with van der Waals surface area (Å²) >= 11 is 0. The first kappa shape index (κ1) is 17.1. The number of nitrogens with one attached hydrogen (secondary N) is 1. The van der Waals surface area contributed by atoms with Gasteiger partial charge in [-0.2, -0.15) is 0 Å². The summed E-state index contributed by atoms with van der Waals surface area (Å²) in [5.41, 5.74) is -0.358. The lowest BCUT2D eigenvalue weighted by molar-refractivity contribution is -0.144. The lowest BCUT2D eigenvalue weighted by Gasteiger charge is -2.23. The summed E-state index contributed by atoms with van der Waals surface area (Å²) in [5, 5.41) is 2.13. The number of amides is 1. The van der Waals surface area contributed by atoms with Gasteiger partial charge in [-0.05, 0) is 27.7 Å². The van der Waals surface area contributed by atoms with Crippen molar-refractivity contribution in [2.24, 2.45) is 5.92 Å². The molecule has 1 amide bonds. The van der Waals surface area contributed by atoms with Crippen LogP contribution in [0.2, 0.25) is 0 Å². The fourth-order valence-corrected chi connectivity index (χ4v) is 2.47. The molecule has 106 valence electrons. The summed E-state index contributed by atoms with van der Waals surface area (Å²) in [5.74, 6) is -1.02. The number of ether oxygens (including phenoxy) is 1. The zero-order chi connectivity index (χ0) is 14.5. The van der Waals surface area contributed by atoms with Crippen LogP contribution >= 0.6 is 0 Å². The van der Waals surface area contributed by atoms with Crippen molar-refractivity contribution < 1.29 is 18.5 Å². The summed E-state index contributed by atoms with van der Waals surface area (Å²) in [7, 11) is -0.106. The predicted octanol–water partition coefficient (Wildman–Crippen LogP) is 0.847. The van der Waals surface area contributed by atoms with Gasteiger partial charge in [0.1, 0.15) is 5.25 Å². The van der Waals surface area contributed by atoms with Gasteiger partial charge in [-0.25, -0.2) is 0 Å². The highest BCUT2D eigenvalue weighted by Crippen LogP contribution is 2.07. The monoisotopic (exact) mass is 277 g/mol. The van der Waals surface area contributed by atoms with Gasteiger partial charge in [0.05, 0.1) is 13.0 Å². The first-order valence-electron chi connectivity index (χ1n) is 5.85. The highest BCUT2D eigenvalue weighted by molar-refractivity contribution is 7.86. The van der Waals surface area contributed by atoms with Crippen molar-refractivity contribution in [3.05, 3.63) is 0 Å². The lowest BCUT2D eigenvalue weighted by Crippen LogP contribution is -2.46. The molecule has 3 atom stereocenters. The SMILES string of the molecule is COC(=O)C(C)CS(=O)C(C)C(=O)NC(C)(C)C. The Morgan fingerprint density at radius 2 is 1.78 bits per heavy atom. The van der Waals surface area contributed by atoms with Crippen molar-refractivity contribution in [3.63, 3.8) is 0 Å². The van der Waals surface area contributed by atoms with Gasteiger partial charge in [-0.3, -0.25) is 13.8 Å². The van der Waals surface area contributed by atoms with Crippen molar-refractivity contribution in [1.82, 2.24) is 5.32 Å². The van der Waals surface area contributed by atoms with E-state index in [-0.39, 0.29) is 17.2 Å². The molecule has 0 aromatic carbocycles. The van der Waals surface area contributed by atoms with E-state index in [2.05, 4.69) is 10.1 Å². The van der Waals surface area contributed by atoms with Crippen LogP contribution in [0.15, 0.2) is 0 Å². The van der Waals surface area contributed by atoms with E-state index in [1.165, 1.54) is 7.11 Å². The molecule has 0 aliphatic heterocycles. The summed E-state index contributed by atoms with van der Waals surface area (Å²) in [6.07, 6.45) is 0. The number of hydrogen-bond acceptors (Lipinski definition) is 4. The number of esters is 1. The maximum atomic E-state index is 11.9. The highest BCUT2D eigenvalue weighted by Gasteiger charge is 2.26. The molecule has 0 aliphatic carbocycles. The molecule has 6 heteroatoms. The highest BCUT2D eigenvalue weighted by atomic mass is 32.2. The second kappa shape index (κ2) is 6.87. The minimum atomic E-state index is -1.39. The van der Waals surface area contributed by atoms with Crippen LogP contribution in [0.3, 0.4) is 0 Å². The molecular formula is C12H23NO4S. The first-order chi connectivity index (χ1) is 8.08. The molecule has 0 radical (unpaired) electrons. The van der Waals surface area contributed by atoms with Crippen molar-refractivity contribution in [3.8, 4) is 0 Å². The molecule has 0 aromatic heterocycles. The van der Waals surface area contributed by atoms with Crippen LogP contribution in [-0.2, 0) is 25.1 Å². The second-order valence-corrected chi connectivity index (χ2v) is 7.16. The fraction of sp³-hybridized carbons (Fsp3) is 0.833. The molecule has 0 fully saturated rings. The van der Waals surface area contributed by atoms with E-state index in [0.29, 0.717) is 0 Å². The lowest BCUT2D eigenvalue weighted by atomic mass is 10.1. The average Bonchev–Trinajstić information content (AvgIpc) is 2.24. The molecule has 3 unspecified atom stereocenters. The van der Waals surface area contributed by atoms with Crippen LogP contribution in [-0.4, -0.2) is 39.7 Å². The summed E-state index contributed by atoms with van der Waals surface area (Å²) in [6, 6.07) is 0. The van der Waals surface area contributed by atoms with Gasteiger partial charge >= 0.3 is 5.97 Å². The summed E-state index contributed by atoms with van der Waals surface area (Å²) < 4.78 is 16.5. The minimum Gasteiger partial charge on any atom is -0.469 e. The predicted molar refractivity (Wildman–Crippen MR) is 71.5 cm³/mol. The van der Waals surface area contributed by atoms with E-state index in [4.69, 9.17) is 0 Å². The summed E-state index contributed by atoms with van der Waals surface area (Å²) in [4.78, 5) is 23.0. The third kappa shape index (κ3) is 6.14. The Morgan fingerprint density at radius 1 is 1.28 bits per heavy atom. The van der Waals surface area contributed by atoms with Crippen molar-refractivity contribution >= 4 is 22.7 Å². The number of rotatable bonds is 5. The number of hydrogen-bond donors (Lipinski definition) is 1. The van der Waals surface area contributed by atoms with E-state index in [0.717, 1.165) is 0 Å². The van der Waals surface area contributed by atoms with Crippen LogP contribution in [0, 0.1) is 5.92 Å². The normalized spacial score (nSPS) is 16.6. The van der Waals surface area contributed by atoms with E-state index in [1.54, 1.807) is 13.8 Å². The molecule has 0 aliphatic rings. The zero-order valence-corrected chi connectivity index (χ0v) is 12.7. The van der Waals surface area contributed by atoms with E-state index >= 15 is 0 Å². The maximum Gasteiger partial charge on any atom is 0.309 e. The molecule has 0 bridgehead atoms. The Kier molecular flexibility index (Phi) is 6.52. The molecule has 0 spiro atoms. The molecule has 18 heavy (non-hydrogen) atoms. The topological polar surface area (TPSA) is 72.5 Å². The minimum absolute atomic E-state index is 0.130. The third-order valence-corrected chi connectivity index (χ3v) is 4.11. The van der Waals surface area contributed by atoms with Crippen LogP contribution in [0.1, 0.15) is 34.6 Å². The molecule has 0 rings (SSSR count). The Balaban J connectivity index is 4.43. The molecule has 5 nitrogen and oxygen atoms in total. The number of methoxy groups -OCH3 is 1. The molecule has 0 saturated carbocycles. The average molecular weight is 277 g/mol. The Morgan fingerprint density at radius 3 is 2.17 bits per heavy atom. The van der Waals surface area contributed by atoms with Gasteiger partial charge in [-0.15, -0.1) is 0 Å².